The summed E-state index contributed by atoms with van der Waals surface area (Å²) in [7, 11) is 0. The normalized spacial score (nSPS) is 24.0. The van der Waals surface area contributed by atoms with Crippen LogP contribution in [0.2, 0.25) is 0 Å². The fourth-order valence-corrected chi connectivity index (χ4v) is 5.05. The third-order valence-electron chi connectivity index (χ3n) is 7.07. The summed E-state index contributed by atoms with van der Waals surface area (Å²) in [6.45, 7) is 8.91. The van der Waals surface area contributed by atoms with E-state index >= 15 is 0 Å². The molecule has 1 spiro atoms. The lowest BCUT2D eigenvalue weighted by Gasteiger charge is -2.28. The van der Waals surface area contributed by atoms with Gasteiger partial charge in [-0.05, 0) is 63.7 Å². The van der Waals surface area contributed by atoms with Crippen molar-refractivity contribution in [2.45, 2.75) is 70.9 Å². The van der Waals surface area contributed by atoms with E-state index in [1.165, 1.54) is 0 Å². The minimum Gasteiger partial charge on any atom is -0.343 e. The zero-order valence-electron chi connectivity index (χ0n) is 17.5. The molecule has 2 aliphatic carbocycles. The lowest BCUT2D eigenvalue weighted by atomic mass is 9.90. The van der Waals surface area contributed by atoms with Gasteiger partial charge in [0.1, 0.15) is 5.54 Å². The Balaban J connectivity index is 0.00000150. The zero-order chi connectivity index (χ0) is 18.9. The highest BCUT2D eigenvalue weighted by molar-refractivity contribution is 5.85. The second-order valence-corrected chi connectivity index (χ2v) is 8.62. The Hall–Kier alpha value is -0.890. The minimum absolute atomic E-state index is 0. The van der Waals surface area contributed by atoms with Crippen LogP contribution in [-0.4, -0.2) is 47.1 Å². The van der Waals surface area contributed by atoms with Crippen LogP contribution in [0.15, 0.2) is 4.52 Å². The molecule has 7 nitrogen and oxygen atoms in total. The number of nitrogens with one attached hydrogen (secondary N) is 2. The topological polar surface area (TPSA) is 83.3 Å². The molecule has 4 rings (SSSR count). The molecule has 1 aliphatic heterocycles. The quantitative estimate of drug-likeness (QED) is 0.667. The molecule has 1 unspecified atom stereocenters. The van der Waals surface area contributed by atoms with E-state index in [1.54, 1.807) is 0 Å². The van der Waals surface area contributed by atoms with Crippen molar-refractivity contribution in [3.63, 3.8) is 0 Å². The highest BCUT2D eigenvalue weighted by atomic mass is 35.5. The van der Waals surface area contributed by atoms with Gasteiger partial charge in [0, 0.05) is 5.92 Å². The van der Waals surface area contributed by atoms with Gasteiger partial charge < -0.3 is 15.2 Å². The summed E-state index contributed by atoms with van der Waals surface area (Å²) in [6, 6.07) is 0. The molecule has 29 heavy (non-hydrogen) atoms. The van der Waals surface area contributed by atoms with Gasteiger partial charge in [-0.2, -0.15) is 4.98 Å². The van der Waals surface area contributed by atoms with Gasteiger partial charge in [-0.15, -0.1) is 24.8 Å². The molecule has 0 aromatic carbocycles. The number of rotatable bonds is 7. The van der Waals surface area contributed by atoms with Crippen LogP contribution in [-0.2, 0) is 16.9 Å². The molecule has 1 amide bonds. The molecule has 1 saturated heterocycles. The van der Waals surface area contributed by atoms with Gasteiger partial charge in [0.25, 0.3) is 0 Å². The first kappa shape index (κ1) is 24.4. The number of nitrogens with zero attached hydrogens (tertiary/aromatic N) is 3. The van der Waals surface area contributed by atoms with Gasteiger partial charge in [-0.25, -0.2) is 0 Å². The molecule has 2 heterocycles. The predicted molar refractivity (Wildman–Crippen MR) is 116 cm³/mol. The summed E-state index contributed by atoms with van der Waals surface area (Å²) in [5.41, 5.74) is -0.181. The Labute approximate surface area is 185 Å². The van der Waals surface area contributed by atoms with E-state index in [4.69, 9.17) is 9.51 Å². The van der Waals surface area contributed by atoms with Crippen molar-refractivity contribution in [2.75, 3.05) is 26.2 Å². The summed E-state index contributed by atoms with van der Waals surface area (Å²) in [4.78, 5) is 20.0. The van der Waals surface area contributed by atoms with E-state index in [2.05, 4.69) is 34.5 Å². The Kier molecular flexibility index (Phi) is 8.36. The van der Waals surface area contributed by atoms with Crippen LogP contribution in [0, 0.1) is 11.3 Å². The maximum absolute atomic E-state index is 13.1. The van der Waals surface area contributed by atoms with E-state index in [9.17, 15) is 4.79 Å². The molecule has 3 fully saturated rings. The number of hydrogen-bond donors (Lipinski definition) is 2. The SMILES string of the molecule is CCN(CC)Cc1nc(C2(NC(=O)C3CC34CCNCC4)CCCC2)no1.Cl.Cl. The number of carbonyl (C=O) groups excluding carboxylic acids is 1. The average molecular weight is 448 g/mol. The van der Waals surface area contributed by atoms with E-state index in [0.717, 1.165) is 71.1 Å². The fourth-order valence-electron chi connectivity index (χ4n) is 5.05. The second-order valence-electron chi connectivity index (χ2n) is 8.62. The van der Waals surface area contributed by atoms with Crippen molar-refractivity contribution in [3.8, 4) is 0 Å². The molecule has 9 heteroatoms. The first-order valence-corrected chi connectivity index (χ1v) is 10.7. The molecule has 3 aliphatic rings. The van der Waals surface area contributed by atoms with Gasteiger partial charge in [-0.1, -0.05) is 31.8 Å². The smallest absolute Gasteiger partial charge is 0.240 e. The standard InChI is InChI=1S/C20H33N5O2.2ClH/c1-3-25(4-2)14-16-22-18(24-27-16)20(7-5-6-8-20)23-17(26)15-13-19(15)9-11-21-12-10-19;;/h15,21H,3-14H2,1-2H3,(H,23,26);2*1H. The van der Waals surface area contributed by atoms with Crippen molar-refractivity contribution < 1.29 is 9.32 Å². The molecular formula is C20H35Cl2N5O2. The third kappa shape index (κ3) is 4.89. The summed E-state index contributed by atoms with van der Waals surface area (Å²) in [5.74, 6) is 1.69. The van der Waals surface area contributed by atoms with Crippen LogP contribution in [0.1, 0.15) is 70.5 Å². The van der Waals surface area contributed by atoms with Crippen LogP contribution in [0.25, 0.3) is 0 Å². The largest absolute Gasteiger partial charge is 0.343 e. The van der Waals surface area contributed by atoms with Crippen molar-refractivity contribution in [2.24, 2.45) is 11.3 Å². The van der Waals surface area contributed by atoms with Gasteiger partial charge in [0.15, 0.2) is 5.82 Å². The van der Waals surface area contributed by atoms with Crippen molar-refractivity contribution in [1.82, 2.24) is 25.7 Å². The summed E-state index contributed by atoms with van der Waals surface area (Å²) >= 11 is 0. The Bertz CT molecular complexity index is 668. The highest BCUT2D eigenvalue weighted by Gasteiger charge is 2.59. The predicted octanol–water partition coefficient (Wildman–Crippen LogP) is 3.03. The molecule has 166 valence electrons. The van der Waals surface area contributed by atoms with Gasteiger partial charge in [0.05, 0.1) is 6.54 Å². The van der Waals surface area contributed by atoms with Crippen LogP contribution >= 0.6 is 24.8 Å². The highest BCUT2D eigenvalue weighted by Crippen LogP contribution is 2.59. The number of amides is 1. The van der Waals surface area contributed by atoms with Crippen LogP contribution in [0.3, 0.4) is 0 Å². The summed E-state index contributed by atoms with van der Waals surface area (Å²) < 4.78 is 5.54. The Morgan fingerprint density at radius 3 is 2.45 bits per heavy atom. The number of piperidine rings is 1. The lowest BCUT2D eigenvalue weighted by molar-refractivity contribution is -0.125. The Morgan fingerprint density at radius 1 is 1.17 bits per heavy atom. The van der Waals surface area contributed by atoms with E-state index in [1.807, 2.05) is 0 Å². The third-order valence-corrected chi connectivity index (χ3v) is 7.07. The van der Waals surface area contributed by atoms with Crippen molar-refractivity contribution in [1.29, 1.82) is 0 Å². The fraction of sp³-hybridized carbons (Fsp3) is 0.850. The molecule has 1 aromatic rings. The van der Waals surface area contributed by atoms with Gasteiger partial charge in [-0.3, -0.25) is 9.69 Å². The number of halogens is 2. The van der Waals surface area contributed by atoms with E-state index < -0.39 is 5.54 Å². The lowest BCUT2D eigenvalue weighted by Crippen LogP contribution is -2.46. The van der Waals surface area contributed by atoms with Gasteiger partial charge in [0.2, 0.25) is 11.8 Å². The van der Waals surface area contributed by atoms with Crippen LogP contribution < -0.4 is 10.6 Å². The van der Waals surface area contributed by atoms with E-state index in [-0.39, 0.29) is 42.1 Å². The minimum atomic E-state index is -0.432. The summed E-state index contributed by atoms with van der Waals surface area (Å²) in [6.07, 6.45) is 7.28. The van der Waals surface area contributed by atoms with Gasteiger partial charge >= 0.3 is 0 Å². The second kappa shape index (κ2) is 9.94. The van der Waals surface area contributed by atoms with Crippen molar-refractivity contribution >= 4 is 30.7 Å². The maximum atomic E-state index is 13.1. The van der Waals surface area contributed by atoms with E-state index in [0.29, 0.717) is 18.3 Å². The molecule has 0 bridgehead atoms. The first-order chi connectivity index (χ1) is 13.1. The van der Waals surface area contributed by atoms with Crippen LogP contribution in [0.5, 0.6) is 0 Å². The maximum Gasteiger partial charge on any atom is 0.240 e. The molecular weight excluding hydrogens is 413 g/mol. The zero-order valence-corrected chi connectivity index (χ0v) is 19.2. The molecule has 2 N–H and O–H groups in total. The molecule has 1 aromatic heterocycles. The molecule has 2 saturated carbocycles. The van der Waals surface area contributed by atoms with Crippen molar-refractivity contribution in [3.05, 3.63) is 11.7 Å². The number of aromatic nitrogens is 2. The Morgan fingerprint density at radius 2 is 1.83 bits per heavy atom. The monoisotopic (exact) mass is 447 g/mol. The number of carbonyl (C=O) groups is 1. The summed E-state index contributed by atoms with van der Waals surface area (Å²) in [5, 5.41) is 11.1. The molecule has 1 atom stereocenters. The number of hydrogen-bond acceptors (Lipinski definition) is 6. The van der Waals surface area contributed by atoms with Crippen LogP contribution in [0.4, 0.5) is 0 Å². The molecule has 0 radical (unpaired) electrons. The average Bonchev–Trinajstić information content (AvgIpc) is 3.06. The first-order valence-electron chi connectivity index (χ1n) is 10.7.